The van der Waals surface area contributed by atoms with Gasteiger partial charge in [-0.25, -0.2) is 15.0 Å². The van der Waals surface area contributed by atoms with Crippen LogP contribution in [-0.2, 0) is 22.4 Å². The van der Waals surface area contributed by atoms with E-state index in [0.717, 1.165) is 56.6 Å². The molecule has 1 amide bonds. The van der Waals surface area contributed by atoms with Gasteiger partial charge in [-0.2, -0.15) is 0 Å². The lowest BCUT2D eigenvalue weighted by Gasteiger charge is -2.43. The van der Waals surface area contributed by atoms with Crippen molar-refractivity contribution < 1.29 is 19.4 Å². The van der Waals surface area contributed by atoms with Gasteiger partial charge in [0.1, 0.15) is 5.82 Å². The molecule has 4 heterocycles. The van der Waals surface area contributed by atoms with Crippen molar-refractivity contribution in [3.05, 3.63) is 41.3 Å². The van der Waals surface area contributed by atoms with Gasteiger partial charge in [-0.1, -0.05) is 12.5 Å². The minimum absolute atomic E-state index is 0.00294. The lowest BCUT2D eigenvalue weighted by atomic mass is 9.88. The molecule has 4 rings (SSSR count). The van der Waals surface area contributed by atoms with E-state index in [1.54, 1.807) is 4.90 Å². The number of aliphatic carboxylic acids is 1. The second-order valence-electron chi connectivity index (χ2n) is 8.39. The molecule has 9 nitrogen and oxygen atoms in total. The standard InChI is InChI=1S/C23H29N5O4/c1-32-23-25-12-17(13-26-23)19(11-20(29)30)28-14-16(22(28)31)5-2-3-7-18-9-8-15-6-4-10-24-21(15)27-18/h8-9,12-13,16,19H,2-7,10-11,14H2,1H3,(H,24,27)(H,29,30)/t16?,19-/m0/s1. The predicted molar refractivity (Wildman–Crippen MR) is 117 cm³/mol. The summed E-state index contributed by atoms with van der Waals surface area (Å²) in [7, 11) is 1.46. The summed E-state index contributed by atoms with van der Waals surface area (Å²) in [4.78, 5) is 38.6. The highest BCUT2D eigenvalue weighted by Gasteiger charge is 2.41. The van der Waals surface area contributed by atoms with E-state index in [9.17, 15) is 14.7 Å². The number of methoxy groups -OCH3 is 1. The fraction of sp³-hybridized carbons (Fsp3) is 0.522. The highest BCUT2D eigenvalue weighted by Crippen LogP contribution is 2.34. The Labute approximate surface area is 187 Å². The zero-order valence-corrected chi connectivity index (χ0v) is 18.3. The van der Waals surface area contributed by atoms with Crippen molar-refractivity contribution in [1.82, 2.24) is 19.9 Å². The number of aromatic nitrogens is 3. The number of carboxylic acid groups (broad SMARTS) is 1. The fourth-order valence-corrected chi connectivity index (χ4v) is 4.41. The molecular formula is C23H29N5O4. The van der Waals surface area contributed by atoms with Crippen LogP contribution in [0.3, 0.4) is 0 Å². The van der Waals surface area contributed by atoms with Crippen LogP contribution >= 0.6 is 0 Å². The van der Waals surface area contributed by atoms with Crippen LogP contribution in [0.1, 0.15) is 55.0 Å². The smallest absolute Gasteiger partial charge is 0.316 e. The molecule has 0 saturated carbocycles. The molecule has 1 unspecified atom stereocenters. The minimum Gasteiger partial charge on any atom is -0.481 e. The van der Waals surface area contributed by atoms with Gasteiger partial charge in [0.15, 0.2) is 0 Å². The number of rotatable bonds is 10. The topological polar surface area (TPSA) is 118 Å². The maximum absolute atomic E-state index is 12.8. The molecule has 170 valence electrons. The van der Waals surface area contributed by atoms with Gasteiger partial charge < -0.3 is 20.1 Å². The zero-order chi connectivity index (χ0) is 22.5. The average molecular weight is 440 g/mol. The van der Waals surface area contributed by atoms with Crippen LogP contribution in [0.2, 0.25) is 0 Å². The molecule has 1 saturated heterocycles. The van der Waals surface area contributed by atoms with Crippen molar-refractivity contribution in [3.63, 3.8) is 0 Å². The first kappa shape index (κ1) is 22.0. The number of nitrogens with zero attached hydrogens (tertiary/aromatic N) is 4. The van der Waals surface area contributed by atoms with Gasteiger partial charge in [0.2, 0.25) is 5.91 Å². The third-order valence-electron chi connectivity index (χ3n) is 6.20. The fourth-order valence-electron chi connectivity index (χ4n) is 4.41. The van der Waals surface area contributed by atoms with E-state index in [-0.39, 0.29) is 24.3 Å². The van der Waals surface area contributed by atoms with Crippen molar-refractivity contribution in [2.45, 2.75) is 51.0 Å². The average Bonchev–Trinajstić information content (AvgIpc) is 2.81. The van der Waals surface area contributed by atoms with E-state index in [1.165, 1.54) is 25.1 Å². The van der Waals surface area contributed by atoms with Crippen molar-refractivity contribution in [2.75, 3.05) is 25.5 Å². The van der Waals surface area contributed by atoms with Gasteiger partial charge in [0.25, 0.3) is 0 Å². The highest BCUT2D eigenvalue weighted by atomic mass is 16.5. The predicted octanol–water partition coefficient (Wildman–Crippen LogP) is 2.63. The first-order valence-corrected chi connectivity index (χ1v) is 11.2. The largest absolute Gasteiger partial charge is 0.481 e. The lowest BCUT2D eigenvalue weighted by Crippen LogP contribution is -2.54. The number of hydrogen-bond acceptors (Lipinski definition) is 7. The SMILES string of the molecule is COc1ncc([C@H](CC(=O)O)N2CC(CCCCc3ccc4c(n3)NCCC4)C2=O)cn1. The zero-order valence-electron chi connectivity index (χ0n) is 18.3. The van der Waals surface area contributed by atoms with Crippen LogP contribution in [0.5, 0.6) is 6.01 Å². The van der Waals surface area contributed by atoms with Gasteiger partial charge in [-0.05, 0) is 43.7 Å². The molecule has 2 aromatic rings. The molecule has 2 aliphatic rings. The Hall–Kier alpha value is -3.23. The molecular weight excluding hydrogens is 410 g/mol. The van der Waals surface area contributed by atoms with E-state index in [1.807, 2.05) is 0 Å². The van der Waals surface area contributed by atoms with Crippen molar-refractivity contribution >= 4 is 17.7 Å². The van der Waals surface area contributed by atoms with Crippen LogP contribution in [0.25, 0.3) is 0 Å². The summed E-state index contributed by atoms with van der Waals surface area (Å²) in [5.41, 5.74) is 2.98. The van der Waals surface area contributed by atoms with E-state index >= 15 is 0 Å². The molecule has 9 heteroatoms. The number of carbonyl (C=O) groups excluding carboxylic acids is 1. The Bertz CT molecular complexity index is 965. The molecule has 0 aromatic carbocycles. The number of likely N-dealkylation sites (tertiary alicyclic amines) is 1. The van der Waals surface area contributed by atoms with Gasteiger partial charge in [-0.3, -0.25) is 9.59 Å². The van der Waals surface area contributed by atoms with Gasteiger partial charge in [0.05, 0.1) is 25.5 Å². The Kier molecular flexibility index (Phi) is 6.82. The summed E-state index contributed by atoms with van der Waals surface area (Å²) >= 11 is 0. The molecule has 2 aliphatic heterocycles. The molecule has 2 N–H and O–H groups in total. The summed E-state index contributed by atoms with van der Waals surface area (Å²) in [5.74, 6) is 0.00597. The van der Waals surface area contributed by atoms with E-state index in [0.29, 0.717) is 12.1 Å². The molecule has 0 radical (unpaired) electrons. The first-order valence-electron chi connectivity index (χ1n) is 11.2. The number of β-lactam (4-membered cyclic amide) rings is 1. The van der Waals surface area contributed by atoms with Crippen molar-refractivity contribution in [2.24, 2.45) is 5.92 Å². The summed E-state index contributed by atoms with van der Waals surface area (Å²) in [5, 5.41) is 12.7. The van der Waals surface area contributed by atoms with Crippen molar-refractivity contribution in [3.8, 4) is 6.01 Å². The van der Waals surface area contributed by atoms with Crippen LogP contribution < -0.4 is 10.1 Å². The Morgan fingerprint density at radius 2 is 2.12 bits per heavy atom. The minimum atomic E-state index is -0.964. The number of nitrogens with one attached hydrogen (secondary N) is 1. The second-order valence-corrected chi connectivity index (χ2v) is 8.39. The number of fused-ring (bicyclic) bond motifs is 1. The summed E-state index contributed by atoms with van der Waals surface area (Å²) < 4.78 is 4.96. The Morgan fingerprint density at radius 1 is 1.31 bits per heavy atom. The highest BCUT2D eigenvalue weighted by molar-refractivity contribution is 5.85. The number of amides is 1. The molecule has 0 spiro atoms. The first-order chi connectivity index (χ1) is 15.5. The van der Waals surface area contributed by atoms with Gasteiger partial charge in [-0.15, -0.1) is 0 Å². The summed E-state index contributed by atoms with van der Waals surface area (Å²) in [6.07, 6.45) is 8.72. The van der Waals surface area contributed by atoms with Gasteiger partial charge >= 0.3 is 12.0 Å². The monoisotopic (exact) mass is 439 g/mol. The molecule has 0 bridgehead atoms. The molecule has 32 heavy (non-hydrogen) atoms. The molecule has 1 fully saturated rings. The van der Waals surface area contributed by atoms with Crippen LogP contribution in [0.4, 0.5) is 5.82 Å². The maximum Gasteiger partial charge on any atom is 0.316 e. The molecule has 2 atom stereocenters. The number of ether oxygens (including phenoxy) is 1. The second kappa shape index (κ2) is 9.93. The Balaban J connectivity index is 1.26. The normalized spacial score (nSPS) is 18.3. The number of anilines is 1. The Morgan fingerprint density at radius 3 is 2.84 bits per heavy atom. The number of carbonyl (C=O) groups is 2. The number of carboxylic acids is 1. The van der Waals surface area contributed by atoms with Crippen LogP contribution in [0, 0.1) is 5.92 Å². The number of hydrogen-bond donors (Lipinski definition) is 2. The third-order valence-corrected chi connectivity index (χ3v) is 6.20. The summed E-state index contributed by atoms with van der Waals surface area (Å²) in [6.45, 7) is 1.54. The van der Waals surface area contributed by atoms with Crippen LogP contribution in [0.15, 0.2) is 24.5 Å². The third kappa shape index (κ3) is 4.98. The quantitative estimate of drug-likeness (QED) is 0.429. The lowest BCUT2D eigenvalue weighted by molar-refractivity contribution is -0.154. The maximum atomic E-state index is 12.8. The number of aryl methyl sites for hydroxylation is 2. The van der Waals surface area contributed by atoms with E-state index in [4.69, 9.17) is 9.72 Å². The van der Waals surface area contributed by atoms with Crippen LogP contribution in [-0.4, -0.2) is 57.0 Å². The molecule has 2 aromatic heterocycles. The summed E-state index contributed by atoms with van der Waals surface area (Å²) in [6, 6.07) is 3.92. The number of unbranched alkanes of at least 4 members (excludes halogenated alkanes) is 1. The van der Waals surface area contributed by atoms with E-state index in [2.05, 4.69) is 27.4 Å². The number of pyridine rings is 1. The van der Waals surface area contributed by atoms with E-state index < -0.39 is 12.0 Å². The van der Waals surface area contributed by atoms with Crippen molar-refractivity contribution in [1.29, 1.82) is 0 Å². The van der Waals surface area contributed by atoms with Gasteiger partial charge in [0, 0.05) is 36.7 Å². The molecule has 0 aliphatic carbocycles.